The Morgan fingerprint density at radius 2 is 1.96 bits per heavy atom. The summed E-state index contributed by atoms with van der Waals surface area (Å²) in [5.74, 6) is -0.791. The number of carbonyl (C=O) groups is 2. The van der Waals surface area contributed by atoms with Crippen LogP contribution >= 0.6 is 0 Å². The second kappa shape index (κ2) is 7.17. The van der Waals surface area contributed by atoms with Crippen LogP contribution in [0.3, 0.4) is 0 Å². The third-order valence-corrected chi connectivity index (χ3v) is 4.06. The van der Waals surface area contributed by atoms with Crippen LogP contribution in [0.2, 0.25) is 0 Å². The fourth-order valence-electron chi connectivity index (χ4n) is 2.79. The molecule has 1 atom stereocenters. The van der Waals surface area contributed by atoms with Crippen molar-refractivity contribution >= 4 is 23.2 Å². The number of aryl methyl sites for hydroxylation is 1. The minimum absolute atomic E-state index is 0.198. The standard InChI is InChI=1S/C19H20N4O2/c1-13-6-5-7-14(10-13)12-21-19(25)16-11-17(18(20)24)23(22-16)15-8-3-2-4-9-15/h2-10,17H,11-12H2,1H3,(H2,20,24)(H,21,25). The van der Waals surface area contributed by atoms with E-state index >= 15 is 0 Å². The van der Waals surface area contributed by atoms with Gasteiger partial charge >= 0.3 is 0 Å². The maximum atomic E-state index is 12.4. The van der Waals surface area contributed by atoms with Crippen LogP contribution in [-0.4, -0.2) is 23.6 Å². The van der Waals surface area contributed by atoms with Gasteiger partial charge in [-0.15, -0.1) is 0 Å². The van der Waals surface area contributed by atoms with E-state index < -0.39 is 11.9 Å². The van der Waals surface area contributed by atoms with Crippen molar-refractivity contribution in [1.29, 1.82) is 0 Å². The topological polar surface area (TPSA) is 87.8 Å². The van der Waals surface area contributed by atoms with Crippen LogP contribution in [0.4, 0.5) is 5.69 Å². The molecule has 3 rings (SSSR count). The highest BCUT2D eigenvalue weighted by Crippen LogP contribution is 2.24. The van der Waals surface area contributed by atoms with E-state index in [1.807, 2.05) is 61.5 Å². The Hall–Kier alpha value is -3.15. The summed E-state index contributed by atoms with van der Waals surface area (Å²) in [6, 6.07) is 16.5. The first kappa shape index (κ1) is 16.7. The van der Waals surface area contributed by atoms with Gasteiger partial charge in [0.1, 0.15) is 11.8 Å². The molecule has 2 aromatic carbocycles. The first-order chi connectivity index (χ1) is 12.0. The molecule has 0 radical (unpaired) electrons. The van der Waals surface area contributed by atoms with Crippen LogP contribution < -0.4 is 16.1 Å². The van der Waals surface area contributed by atoms with Gasteiger partial charge < -0.3 is 11.1 Å². The van der Waals surface area contributed by atoms with E-state index in [1.54, 1.807) is 0 Å². The number of nitrogens with zero attached hydrogens (tertiary/aromatic N) is 2. The Bertz CT molecular complexity index is 817. The van der Waals surface area contributed by atoms with E-state index in [2.05, 4.69) is 10.4 Å². The first-order valence-corrected chi connectivity index (χ1v) is 8.09. The molecular weight excluding hydrogens is 316 g/mol. The molecule has 0 aromatic heterocycles. The molecule has 0 bridgehead atoms. The number of primary amides is 1. The van der Waals surface area contributed by atoms with Crippen LogP contribution in [0.1, 0.15) is 17.5 Å². The molecule has 6 nitrogen and oxygen atoms in total. The summed E-state index contributed by atoms with van der Waals surface area (Å²) in [7, 11) is 0. The van der Waals surface area contributed by atoms with E-state index in [9.17, 15) is 9.59 Å². The Balaban J connectivity index is 1.73. The summed E-state index contributed by atoms with van der Waals surface area (Å²) in [6.45, 7) is 2.41. The number of nitrogens with one attached hydrogen (secondary N) is 1. The lowest BCUT2D eigenvalue weighted by Gasteiger charge is -2.20. The van der Waals surface area contributed by atoms with Gasteiger partial charge in [0, 0.05) is 13.0 Å². The smallest absolute Gasteiger partial charge is 0.267 e. The molecule has 3 N–H and O–H groups in total. The summed E-state index contributed by atoms with van der Waals surface area (Å²) in [6.07, 6.45) is 0.198. The molecule has 2 amide bonds. The van der Waals surface area contributed by atoms with Crippen LogP contribution in [-0.2, 0) is 16.1 Å². The Kier molecular flexibility index (Phi) is 4.79. The lowest BCUT2D eigenvalue weighted by Crippen LogP contribution is -2.39. The minimum atomic E-state index is -0.651. The average molecular weight is 336 g/mol. The van der Waals surface area contributed by atoms with Gasteiger partial charge in [-0.1, -0.05) is 48.0 Å². The third-order valence-electron chi connectivity index (χ3n) is 4.06. The molecule has 128 valence electrons. The van der Waals surface area contributed by atoms with E-state index in [0.717, 1.165) is 16.8 Å². The van der Waals surface area contributed by atoms with Gasteiger partial charge in [0.15, 0.2) is 0 Å². The second-order valence-corrected chi connectivity index (χ2v) is 6.02. The molecule has 0 fully saturated rings. The highest BCUT2D eigenvalue weighted by atomic mass is 16.2. The van der Waals surface area contributed by atoms with Crippen molar-refractivity contribution in [2.24, 2.45) is 10.8 Å². The molecule has 1 heterocycles. The molecule has 0 saturated carbocycles. The van der Waals surface area contributed by atoms with Crippen molar-refractivity contribution in [3.63, 3.8) is 0 Å². The molecule has 0 saturated heterocycles. The quantitative estimate of drug-likeness (QED) is 0.871. The number of hydrogen-bond acceptors (Lipinski definition) is 4. The summed E-state index contributed by atoms with van der Waals surface area (Å²) < 4.78 is 0. The fraction of sp³-hybridized carbons (Fsp3) is 0.211. The number of rotatable bonds is 5. The number of anilines is 1. The summed E-state index contributed by atoms with van der Waals surface area (Å²) in [5, 5.41) is 8.70. The molecule has 1 unspecified atom stereocenters. The second-order valence-electron chi connectivity index (χ2n) is 6.02. The maximum Gasteiger partial charge on any atom is 0.267 e. The maximum absolute atomic E-state index is 12.4. The lowest BCUT2D eigenvalue weighted by molar-refractivity contribution is -0.119. The van der Waals surface area contributed by atoms with Crippen molar-refractivity contribution in [3.8, 4) is 0 Å². The predicted molar refractivity (Wildman–Crippen MR) is 97.0 cm³/mol. The molecule has 1 aliphatic rings. The Morgan fingerprint density at radius 1 is 1.20 bits per heavy atom. The highest BCUT2D eigenvalue weighted by molar-refractivity contribution is 6.40. The molecule has 0 spiro atoms. The van der Waals surface area contributed by atoms with Gasteiger partial charge in [0.05, 0.1) is 5.69 Å². The average Bonchev–Trinajstić information content (AvgIpc) is 3.06. The summed E-state index contributed by atoms with van der Waals surface area (Å²) in [5.41, 5.74) is 8.66. The molecule has 6 heteroatoms. The molecular formula is C19H20N4O2. The van der Waals surface area contributed by atoms with Gasteiger partial charge in [-0.25, -0.2) is 0 Å². The van der Waals surface area contributed by atoms with Gasteiger partial charge in [-0.2, -0.15) is 5.10 Å². The zero-order valence-corrected chi connectivity index (χ0v) is 14.0. The van der Waals surface area contributed by atoms with Gasteiger partial charge in [-0.3, -0.25) is 14.6 Å². The predicted octanol–water partition coefficient (Wildman–Crippen LogP) is 1.73. The minimum Gasteiger partial charge on any atom is -0.368 e. The zero-order valence-electron chi connectivity index (χ0n) is 14.0. The number of para-hydroxylation sites is 1. The largest absolute Gasteiger partial charge is 0.368 e. The normalized spacial score (nSPS) is 16.4. The number of nitrogens with two attached hydrogens (primary N) is 1. The lowest BCUT2D eigenvalue weighted by atomic mass is 10.1. The van der Waals surface area contributed by atoms with Gasteiger partial charge in [-0.05, 0) is 24.6 Å². The van der Waals surface area contributed by atoms with Crippen LogP contribution in [0.5, 0.6) is 0 Å². The van der Waals surface area contributed by atoms with E-state index in [1.165, 1.54) is 5.01 Å². The van der Waals surface area contributed by atoms with E-state index in [0.29, 0.717) is 12.3 Å². The number of hydrazone groups is 1. The van der Waals surface area contributed by atoms with Crippen LogP contribution in [0.25, 0.3) is 0 Å². The molecule has 25 heavy (non-hydrogen) atoms. The summed E-state index contributed by atoms with van der Waals surface area (Å²) in [4.78, 5) is 24.2. The van der Waals surface area contributed by atoms with E-state index in [-0.39, 0.29) is 12.3 Å². The first-order valence-electron chi connectivity index (χ1n) is 8.09. The van der Waals surface area contributed by atoms with Crippen molar-refractivity contribution in [1.82, 2.24) is 5.32 Å². The molecule has 0 aliphatic carbocycles. The number of hydrogen-bond donors (Lipinski definition) is 2. The van der Waals surface area contributed by atoms with Crippen LogP contribution in [0, 0.1) is 6.92 Å². The number of amides is 2. The van der Waals surface area contributed by atoms with Crippen molar-refractivity contribution in [2.75, 3.05) is 5.01 Å². The fourth-order valence-corrected chi connectivity index (χ4v) is 2.79. The molecule has 2 aromatic rings. The number of benzene rings is 2. The highest BCUT2D eigenvalue weighted by Gasteiger charge is 2.34. The SMILES string of the molecule is Cc1cccc(CNC(=O)C2=NN(c3ccccc3)C(C(N)=O)C2)c1. The van der Waals surface area contributed by atoms with E-state index in [4.69, 9.17) is 5.73 Å². The van der Waals surface area contributed by atoms with Gasteiger partial charge in [0.2, 0.25) is 5.91 Å². The van der Waals surface area contributed by atoms with Crippen LogP contribution in [0.15, 0.2) is 59.7 Å². The number of carbonyl (C=O) groups excluding carboxylic acids is 2. The van der Waals surface area contributed by atoms with Crippen molar-refractivity contribution in [3.05, 3.63) is 65.7 Å². The van der Waals surface area contributed by atoms with Gasteiger partial charge in [0.25, 0.3) is 5.91 Å². The zero-order chi connectivity index (χ0) is 17.8. The van der Waals surface area contributed by atoms with Crippen molar-refractivity contribution < 1.29 is 9.59 Å². The Labute approximate surface area is 146 Å². The Morgan fingerprint density at radius 3 is 2.64 bits per heavy atom. The molecule has 1 aliphatic heterocycles. The van der Waals surface area contributed by atoms with Crippen molar-refractivity contribution in [2.45, 2.75) is 25.9 Å². The third kappa shape index (κ3) is 3.85. The monoisotopic (exact) mass is 336 g/mol. The summed E-state index contributed by atoms with van der Waals surface area (Å²) >= 11 is 0.